The lowest BCUT2D eigenvalue weighted by Crippen LogP contribution is -2.10. The molecular formula is C21H19NO6S. The Morgan fingerprint density at radius 3 is 2.21 bits per heavy atom. The number of aliphatic hydroxyl groups excluding tert-OH is 1. The van der Waals surface area contributed by atoms with Gasteiger partial charge in [-0.1, -0.05) is 30.0 Å². The van der Waals surface area contributed by atoms with Crippen LogP contribution in [-0.4, -0.2) is 42.6 Å². The number of esters is 1. The number of ether oxygens (including phenoxy) is 3. The van der Waals surface area contributed by atoms with E-state index in [1.54, 1.807) is 30.3 Å². The van der Waals surface area contributed by atoms with E-state index < -0.39 is 5.97 Å². The quantitative estimate of drug-likeness (QED) is 0.709. The fourth-order valence-electron chi connectivity index (χ4n) is 2.66. The van der Waals surface area contributed by atoms with Crippen molar-refractivity contribution in [1.82, 2.24) is 0 Å². The summed E-state index contributed by atoms with van der Waals surface area (Å²) in [6, 6.07) is 12.3. The Morgan fingerprint density at radius 1 is 1.03 bits per heavy atom. The molecule has 2 N–H and O–H groups in total. The first-order valence-electron chi connectivity index (χ1n) is 8.49. The number of aliphatic hydroxyl groups is 1. The van der Waals surface area contributed by atoms with Crippen LogP contribution in [0.15, 0.2) is 63.7 Å². The van der Waals surface area contributed by atoms with Gasteiger partial charge in [-0.05, 0) is 35.9 Å². The van der Waals surface area contributed by atoms with Crippen molar-refractivity contribution in [1.29, 1.82) is 0 Å². The number of aliphatic imine (C=N–C) groups is 1. The average molecular weight is 413 g/mol. The fourth-order valence-corrected chi connectivity index (χ4v) is 3.69. The zero-order chi connectivity index (χ0) is 21.0. The second kappa shape index (κ2) is 8.74. The Morgan fingerprint density at radius 2 is 1.66 bits per heavy atom. The molecule has 29 heavy (non-hydrogen) atoms. The second-order valence-corrected chi connectivity index (χ2v) is 6.88. The minimum Gasteiger partial charge on any atom is -0.506 e. The van der Waals surface area contributed by atoms with Crippen molar-refractivity contribution in [3.63, 3.8) is 0 Å². The molecule has 150 valence electrons. The molecule has 0 saturated carbocycles. The number of phenols is 1. The molecule has 7 nitrogen and oxygen atoms in total. The summed E-state index contributed by atoms with van der Waals surface area (Å²) in [6.07, 6.45) is 1.64. The van der Waals surface area contributed by atoms with Crippen molar-refractivity contribution >= 4 is 34.5 Å². The maximum absolute atomic E-state index is 12.2. The third kappa shape index (κ3) is 4.22. The van der Waals surface area contributed by atoms with Gasteiger partial charge in [0, 0.05) is 0 Å². The largest absolute Gasteiger partial charge is 0.506 e. The normalized spacial score (nSPS) is 16.4. The van der Waals surface area contributed by atoms with Crippen molar-refractivity contribution in [3.05, 3.63) is 64.3 Å². The Labute approximate surface area is 171 Å². The molecule has 1 aliphatic rings. The smallest absolute Gasteiger partial charge is 0.344 e. The molecule has 0 aromatic heterocycles. The minimum atomic E-state index is -0.686. The molecule has 0 saturated heterocycles. The van der Waals surface area contributed by atoms with Gasteiger partial charge in [-0.15, -0.1) is 0 Å². The Hall–Kier alpha value is -3.39. The molecule has 2 aromatic carbocycles. The second-order valence-electron chi connectivity index (χ2n) is 5.85. The lowest BCUT2D eigenvalue weighted by Gasteiger charge is -2.10. The molecule has 3 rings (SSSR count). The van der Waals surface area contributed by atoms with Crippen LogP contribution < -0.4 is 9.47 Å². The number of phenolic OH excluding ortho intramolecular Hbond substituents is 1. The van der Waals surface area contributed by atoms with Crippen molar-refractivity contribution in [2.24, 2.45) is 4.99 Å². The summed E-state index contributed by atoms with van der Waals surface area (Å²) < 4.78 is 15.1. The molecule has 0 unspecified atom stereocenters. The maximum atomic E-state index is 12.2. The van der Waals surface area contributed by atoms with Crippen LogP contribution in [0.3, 0.4) is 0 Å². The van der Waals surface area contributed by atoms with E-state index in [1.165, 1.54) is 21.3 Å². The number of aromatic hydroxyl groups is 1. The van der Waals surface area contributed by atoms with Crippen LogP contribution in [0.25, 0.3) is 6.08 Å². The van der Waals surface area contributed by atoms with Crippen molar-refractivity contribution in [2.75, 3.05) is 21.3 Å². The molecule has 0 atom stereocenters. The van der Waals surface area contributed by atoms with Gasteiger partial charge in [-0.3, -0.25) is 0 Å². The van der Waals surface area contributed by atoms with E-state index in [0.29, 0.717) is 21.2 Å². The molecule has 0 fully saturated rings. The number of thioether (sulfide) groups is 1. The summed E-state index contributed by atoms with van der Waals surface area (Å²) >= 11 is 1.13. The SMILES string of the molecule is COC(=O)C1=C(O)/C(=C\c2cc(OC)c(O)c(OC)c2)SC1=Nc1ccccc1. The highest BCUT2D eigenvalue weighted by molar-refractivity contribution is 8.18. The van der Waals surface area contributed by atoms with Gasteiger partial charge in [0.2, 0.25) is 5.75 Å². The van der Waals surface area contributed by atoms with E-state index in [1.807, 2.05) is 18.2 Å². The molecule has 1 heterocycles. The molecule has 0 bridgehead atoms. The molecule has 0 aliphatic carbocycles. The van der Waals surface area contributed by atoms with Gasteiger partial charge in [0.1, 0.15) is 16.4 Å². The average Bonchev–Trinajstić information content (AvgIpc) is 3.03. The predicted molar refractivity (Wildman–Crippen MR) is 112 cm³/mol. The third-order valence-electron chi connectivity index (χ3n) is 4.07. The lowest BCUT2D eigenvalue weighted by atomic mass is 10.1. The summed E-state index contributed by atoms with van der Waals surface area (Å²) in [5, 5.41) is 21.1. The maximum Gasteiger partial charge on any atom is 0.344 e. The predicted octanol–water partition coefficient (Wildman–Crippen LogP) is 4.21. The summed E-state index contributed by atoms with van der Waals surface area (Å²) in [4.78, 5) is 17.1. The first-order valence-corrected chi connectivity index (χ1v) is 9.30. The first kappa shape index (κ1) is 20.3. The van der Waals surface area contributed by atoms with Crippen LogP contribution in [-0.2, 0) is 9.53 Å². The number of benzene rings is 2. The topological polar surface area (TPSA) is 97.6 Å². The van der Waals surface area contributed by atoms with Gasteiger partial charge in [0.05, 0.1) is 31.9 Å². The first-order chi connectivity index (χ1) is 14.0. The standard InChI is InChI=1S/C21H19NO6S/c1-26-14-9-12(10-15(27-2)18(14)23)11-16-19(24)17(21(25)28-3)20(29-16)22-13-7-5-4-6-8-13/h4-11,23-24H,1-3H3/b16-11+,22-20?. The Balaban J connectivity index is 2.08. The summed E-state index contributed by atoms with van der Waals surface area (Å²) in [7, 11) is 4.09. The molecule has 0 amide bonds. The number of para-hydroxylation sites is 1. The third-order valence-corrected chi connectivity index (χ3v) is 5.09. The van der Waals surface area contributed by atoms with Gasteiger partial charge >= 0.3 is 5.97 Å². The monoisotopic (exact) mass is 413 g/mol. The number of carbonyl (C=O) groups is 1. The van der Waals surface area contributed by atoms with Crippen LogP contribution in [0.2, 0.25) is 0 Å². The highest BCUT2D eigenvalue weighted by Crippen LogP contribution is 2.42. The number of carbonyl (C=O) groups excluding carboxylic acids is 1. The summed E-state index contributed by atoms with van der Waals surface area (Å²) in [5.41, 5.74) is 1.22. The zero-order valence-electron chi connectivity index (χ0n) is 16.0. The molecule has 8 heteroatoms. The number of hydrogen-bond acceptors (Lipinski definition) is 8. The Kier molecular flexibility index (Phi) is 6.13. The van der Waals surface area contributed by atoms with Crippen LogP contribution in [0.4, 0.5) is 5.69 Å². The lowest BCUT2D eigenvalue weighted by molar-refractivity contribution is -0.135. The fraction of sp³-hybridized carbons (Fsp3) is 0.143. The van der Waals surface area contributed by atoms with Crippen LogP contribution in [0, 0.1) is 0 Å². The van der Waals surface area contributed by atoms with E-state index in [2.05, 4.69) is 4.99 Å². The van der Waals surface area contributed by atoms with Crippen molar-refractivity contribution in [2.45, 2.75) is 0 Å². The van der Waals surface area contributed by atoms with E-state index in [0.717, 1.165) is 11.8 Å². The highest BCUT2D eigenvalue weighted by Gasteiger charge is 2.33. The van der Waals surface area contributed by atoms with Gasteiger partial charge < -0.3 is 24.4 Å². The molecule has 1 aliphatic heterocycles. The number of hydrogen-bond donors (Lipinski definition) is 2. The molecular weight excluding hydrogens is 394 g/mol. The van der Waals surface area contributed by atoms with Crippen molar-refractivity contribution < 1.29 is 29.2 Å². The van der Waals surface area contributed by atoms with Gasteiger partial charge in [0.25, 0.3) is 0 Å². The highest BCUT2D eigenvalue weighted by atomic mass is 32.2. The number of nitrogens with zero attached hydrogens (tertiary/aromatic N) is 1. The van der Waals surface area contributed by atoms with Crippen LogP contribution in [0.5, 0.6) is 17.2 Å². The van der Waals surface area contributed by atoms with Crippen molar-refractivity contribution in [3.8, 4) is 17.2 Å². The minimum absolute atomic E-state index is 0.00897. The Bertz CT molecular complexity index is 1000. The number of methoxy groups -OCH3 is 3. The van der Waals surface area contributed by atoms with Gasteiger partial charge in [0.15, 0.2) is 11.5 Å². The molecule has 0 radical (unpaired) electrons. The molecule has 0 spiro atoms. The van der Waals surface area contributed by atoms with E-state index in [-0.39, 0.29) is 28.6 Å². The van der Waals surface area contributed by atoms with E-state index >= 15 is 0 Å². The molecule has 2 aromatic rings. The van der Waals surface area contributed by atoms with E-state index in [4.69, 9.17) is 14.2 Å². The summed E-state index contributed by atoms with van der Waals surface area (Å²) in [6.45, 7) is 0. The van der Waals surface area contributed by atoms with Gasteiger partial charge in [-0.2, -0.15) is 0 Å². The van der Waals surface area contributed by atoms with Crippen LogP contribution >= 0.6 is 11.8 Å². The van der Waals surface area contributed by atoms with Crippen LogP contribution in [0.1, 0.15) is 5.56 Å². The summed E-state index contributed by atoms with van der Waals surface area (Å²) in [5.74, 6) is -0.614. The van der Waals surface area contributed by atoms with Gasteiger partial charge in [-0.25, -0.2) is 9.79 Å². The zero-order valence-corrected chi connectivity index (χ0v) is 16.8. The number of rotatable bonds is 5. The van der Waals surface area contributed by atoms with E-state index in [9.17, 15) is 15.0 Å².